The maximum Gasteiger partial charge on any atom is 0.243 e. The summed E-state index contributed by atoms with van der Waals surface area (Å²) in [5.41, 5.74) is 1.25. The van der Waals surface area contributed by atoms with Crippen LogP contribution in [0.1, 0.15) is 0 Å². The second-order valence-corrected chi connectivity index (χ2v) is 7.64. The first-order chi connectivity index (χ1) is 11.9. The first kappa shape index (κ1) is 17.4. The number of amides is 1. The van der Waals surface area contributed by atoms with Crippen molar-refractivity contribution in [3.05, 3.63) is 42.7 Å². The maximum atomic E-state index is 12.4. The molecule has 0 spiro atoms. The Balaban J connectivity index is 1.80. The van der Waals surface area contributed by atoms with Crippen LogP contribution < -0.4 is 4.31 Å². The third-order valence-electron chi connectivity index (χ3n) is 3.95. The third-order valence-corrected chi connectivity index (χ3v) is 5.09. The number of carbonyl (C=O) groups is 1. The Labute approximate surface area is 146 Å². The molecule has 1 aromatic heterocycles. The molecule has 1 amide bonds. The van der Waals surface area contributed by atoms with E-state index < -0.39 is 10.0 Å². The predicted molar refractivity (Wildman–Crippen MR) is 93.2 cm³/mol. The number of anilines is 1. The SMILES string of the molecule is CS(=O)(=O)N(CC(=O)N1CCOCC1)c1ccc(-n2cccn2)cc1. The molecule has 8 nitrogen and oxygen atoms in total. The smallest absolute Gasteiger partial charge is 0.243 e. The van der Waals surface area contributed by atoms with Gasteiger partial charge in [0.25, 0.3) is 0 Å². The lowest BCUT2D eigenvalue weighted by atomic mass is 10.2. The number of benzene rings is 1. The van der Waals surface area contributed by atoms with E-state index in [9.17, 15) is 13.2 Å². The quantitative estimate of drug-likeness (QED) is 0.771. The molecule has 9 heteroatoms. The summed E-state index contributed by atoms with van der Waals surface area (Å²) in [4.78, 5) is 14.1. The number of sulfonamides is 1. The van der Waals surface area contributed by atoms with Crippen LogP contribution in [0.25, 0.3) is 5.69 Å². The molecule has 0 saturated carbocycles. The number of nitrogens with zero attached hydrogens (tertiary/aromatic N) is 4. The Morgan fingerprint density at radius 2 is 1.92 bits per heavy atom. The summed E-state index contributed by atoms with van der Waals surface area (Å²) in [6.07, 6.45) is 4.56. The predicted octanol–water partition coefficient (Wildman–Crippen LogP) is 0.497. The van der Waals surface area contributed by atoms with E-state index in [1.54, 1.807) is 52.3 Å². The zero-order chi connectivity index (χ0) is 17.9. The van der Waals surface area contributed by atoms with Crippen molar-refractivity contribution in [1.82, 2.24) is 14.7 Å². The average molecular weight is 364 g/mol. The van der Waals surface area contributed by atoms with Crippen LogP contribution in [0.4, 0.5) is 5.69 Å². The van der Waals surface area contributed by atoms with Crippen LogP contribution >= 0.6 is 0 Å². The Hall–Kier alpha value is -2.39. The number of carbonyl (C=O) groups excluding carboxylic acids is 1. The van der Waals surface area contributed by atoms with Gasteiger partial charge in [0, 0.05) is 25.5 Å². The number of ether oxygens (including phenoxy) is 1. The zero-order valence-electron chi connectivity index (χ0n) is 13.9. The normalized spacial score (nSPS) is 15.2. The molecule has 1 fully saturated rings. The molecule has 0 aliphatic carbocycles. The molecule has 25 heavy (non-hydrogen) atoms. The summed E-state index contributed by atoms with van der Waals surface area (Å²) >= 11 is 0. The molecule has 1 saturated heterocycles. The van der Waals surface area contributed by atoms with Crippen LogP contribution in [0.5, 0.6) is 0 Å². The molecule has 2 aromatic rings. The van der Waals surface area contributed by atoms with Crippen LogP contribution in [0.2, 0.25) is 0 Å². The summed E-state index contributed by atoms with van der Waals surface area (Å²) in [6.45, 7) is 1.69. The van der Waals surface area contributed by atoms with Crippen molar-refractivity contribution < 1.29 is 17.9 Å². The van der Waals surface area contributed by atoms with Crippen molar-refractivity contribution in [2.45, 2.75) is 0 Å². The molecule has 1 aliphatic rings. The van der Waals surface area contributed by atoms with Gasteiger partial charge < -0.3 is 9.64 Å². The molecular weight excluding hydrogens is 344 g/mol. The molecule has 0 radical (unpaired) electrons. The summed E-state index contributed by atoms with van der Waals surface area (Å²) in [7, 11) is -3.59. The third kappa shape index (κ3) is 4.18. The van der Waals surface area contributed by atoms with Crippen molar-refractivity contribution >= 4 is 21.6 Å². The van der Waals surface area contributed by atoms with Crippen molar-refractivity contribution in [2.24, 2.45) is 0 Å². The van der Waals surface area contributed by atoms with Crippen LogP contribution in [0.15, 0.2) is 42.7 Å². The number of morpholine rings is 1. The minimum atomic E-state index is -3.59. The average Bonchev–Trinajstić information content (AvgIpc) is 3.14. The van der Waals surface area contributed by atoms with Crippen molar-refractivity contribution in [3.8, 4) is 5.69 Å². The van der Waals surface area contributed by atoms with Crippen molar-refractivity contribution in [3.63, 3.8) is 0 Å². The van der Waals surface area contributed by atoms with E-state index in [-0.39, 0.29) is 12.5 Å². The monoisotopic (exact) mass is 364 g/mol. The minimum Gasteiger partial charge on any atom is -0.378 e. The van der Waals surface area contributed by atoms with Gasteiger partial charge in [-0.2, -0.15) is 5.10 Å². The Morgan fingerprint density at radius 1 is 1.24 bits per heavy atom. The highest BCUT2D eigenvalue weighted by atomic mass is 32.2. The van der Waals surface area contributed by atoms with E-state index in [0.29, 0.717) is 32.0 Å². The van der Waals surface area contributed by atoms with E-state index >= 15 is 0 Å². The first-order valence-electron chi connectivity index (χ1n) is 7.88. The molecular formula is C16H20N4O4S. The maximum absolute atomic E-state index is 12.4. The zero-order valence-corrected chi connectivity index (χ0v) is 14.7. The lowest BCUT2D eigenvalue weighted by Crippen LogP contribution is -2.47. The molecule has 0 atom stereocenters. The Kier molecular flexibility index (Phi) is 5.05. The van der Waals surface area contributed by atoms with Gasteiger partial charge in [0.05, 0.1) is 30.8 Å². The van der Waals surface area contributed by atoms with Crippen molar-refractivity contribution in [1.29, 1.82) is 0 Å². The van der Waals surface area contributed by atoms with Gasteiger partial charge in [0.15, 0.2) is 0 Å². The van der Waals surface area contributed by atoms with Gasteiger partial charge in [0.2, 0.25) is 15.9 Å². The molecule has 3 rings (SSSR count). The lowest BCUT2D eigenvalue weighted by Gasteiger charge is -2.30. The van der Waals surface area contributed by atoms with Crippen LogP contribution in [-0.2, 0) is 19.6 Å². The highest BCUT2D eigenvalue weighted by molar-refractivity contribution is 7.92. The standard InChI is InChI=1S/C16H20N4O4S/c1-25(22,23)20(13-16(21)18-9-11-24-12-10-18)15-5-3-14(4-6-15)19-8-2-7-17-19/h2-8H,9-13H2,1H3. The summed E-state index contributed by atoms with van der Waals surface area (Å²) < 4.78 is 32.4. The summed E-state index contributed by atoms with van der Waals surface area (Å²) in [5.74, 6) is -0.232. The largest absolute Gasteiger partial charge is 0.378 e. The van der Waals surface area contributed by atoms with E-state index in [2.05, 4.69) is 5.10 Å². The molecule has 0 N–H and O–H groups in total. The summed E-state index contributed by atoms with van der Waals surface area (Å²) in [5, 5.41) is 4.13. The van der Waals surface area contributed by atoms with Crippen molar-refractivity contribution in [2.75, 3.05) is 43.4 Å². The highest BCUT2D eigenvalue weighted by Gasteiger charge is 2.25. The first-order valence-corrected chi connectivity index (χ1v) is 9.73. The van der Waals surface area contributed by atoms with Gasteiger partial charge in [-0.3, -0.25) is 9.10 Å². The fourth-order valence-corrected chi connectivity index (χ4v) is 3.48. The van der Waals surface area contributed by atoms with Crippen LogP contribution in [-0.4, -0.2) is 68.1 Å². The van der Waals surface area contributed by atoms with Crippen LogP contribution in [0.3, 0.4) is 0 Å². The topological polar surface area (TPSA) is 84.7 Å². The fourth-order valence-electron chi connectivity index (χ4n) is 2.63. The van der Waals surface area contributed by atoms with Gasteiger partial charge in [-0.05, 0) is 30.3 Å². The van der Waals surface area contributed by atoms with Crippen LogP contribution in [0, 0.1) is 0 Å². The number of hydrogen-bond acceptors (Lipinski definition) is 5. The van der Waals surface area contributed by atoms with E-state index in [0.717, 1.165) is 16.2 Å². The molecule has 1 aliphatic heterocycles. The molecule has 134 valence electrons. The molecule has 2 heterocycles. The van der Waals surface area contributed by atoms with Gasteiger partial charge >= 0.3 is 0 Å². The Morgan fingerprint density at radius 3 is 2.48 bits per heavy atom. The second-order valence-electron chi connectivity index (χ2n) is 5.73. The van der Waals surface area contributed by atoms with Gasteiger partial charge in [-0.1, -0.05) is 0 Å². The van der Waals surface area contributed by atoms with Gasteiger partial charge in [0.1, 0.15) is 6.54 Å². The van der Waals surface area contributed by atoms with E-state index in [1.165, 1.54) is 0 Å². The fraction of sp³-hybridized carbons (Fsp3) is 0.375. The molecule has 0 bridgehead atoms. The molecule has 1 aromatic carbocycles. The minimum absolute atomic E-state index is 0.222. The summed E-state index contributed by atoms with van der Waals surface area (Å²) in [6, 6.07) is 8.67. The lowest BCUT2D eigenvalue weighted by molar-refractivity contribution is -0.133. The van der Waals surface area contributed by atoms with Gasteiger partial charge in [-0.25, -0.2) is 13.1 Å². The number of hydrogen-bond donors (Lipinski definition) is 0. The van der Waals surface area contributed by atoms with Gasteiger partial charge in [-0.15, -0.1) is 0 Å². The number of aromatic nitrogens is 2. The van der Waals surface area contributed by atoms with E-state index in [1.807, 2.05) is 0 Å². The van der Waals surface area contributed by atoms with E-state index in [4.69, 9.17) is 4.74 Å². The highest BCUT2D eigenvalue weighted by Crippen LogP contribution is 2.20. The second kappa shape index (κ2) is 7.24. The number of rotatable bonds is 5. The Bertz CT molecular complexity index is 812. The molecule has 0 unspecified atom stereocenters.